The van der Waals surface area contributed by atoms with Gasteiger partial charge in [-0.3, -0.25) is 4.79 Å². The third-order valence-corrected chi connectivity index (χ3v) is 3.47. The number of halogens is 1. The zero-order valence-corrected chi connectivity index (χ0v) is 10.5. The molecule has 1 aromatic carbocycles. The van der Waals surface area contributed by atoms with Gasteiger partial charge in [-0.1, -0.05) is 11.6 Å². The first kappa shape index (κ1) is 11.2. The molecule has 2 aromatic rings. The normalized spacial score (nSPS) is 11.1. The van der Waals surface area contributed by atoms with Crippen molar-refractivity contribution in [2.24, 2.45) is 0 Å². The van der Waals surface area contributed by atoms with Gasteiger partial charge in [0.1, 0.15) is 5.58 Å². The van der Waals surface area contributed by atoms with Crippen molar-refractivity contribution in [2.45, 2.75) is 27.7 Å². The maximum Gasteiger partial charge on any atom is 0.195 e. The average Bonchev–Trinajstić information content (AvgIpc) is 2.52. The van der Waals surface area contributed by atoms with Gasteiger partial charge in [0, 0.05) is 22.9 Å². The van der Waals surface area contributed by atoms with Crippen molar-refractivity contribution in [3.05, 3.63) is 33.5 Å². The van der Waals surface area contributed by atoms with E-state index >= 15 is 0 Å². The molecule has 0 amide bonds. The van der Waals surface area contributed by atoms with E-state index < -0.39 is 0 Å². The van der Waals surface area contributed by atoms with Crippen molar-refractivity contribution in [3.8, 4) is 0 Å². The van der Waals surface area contributed by atoms with Crippen molar-refractivity contribution in [2.75, 3.05) is 0 Å². The van der Waals surface area contributed by atoms with Crippen LogP contribution in [0.3, 0.4) is 0 Å². The summed E-state index contributed by atoms with van der Waals surface area (Å²) < 4.78 is 5.57. The third kappa shape index (κ3) is 1.45. The van der Waals surface area contributed by atoms with E-state index in [2.05, 4.69) is 0 Å². The van der Waals surface area contributed by atoms with E-state index in [1.54, 1.807) is 0 Å². The van der Waals surface area contributed by atoms with Gasteiger partial charge in [0.05, 0.1) is 0 Å². The van der Waals surface area contributed by atoms with Gasteiger partial charge < -0.3 is 4.42 Å². The Balaban J connectivity index is 2.93. The lowest BCUT2D eigenvalue weighted by atomic mass is 10.0. The van der Waals surface area contributed by atoms with E-state index in [0.717, 1.165) is 32.7 Å². The number of aryl methyl sites for hydroxylation is 3. The predicted octanol–water partition coefficient (Wildman–Crippen LogP) is 4.21. The molecule has 3 heteroatoms. The number of ketones is 1. The van der Waals surface area contributed by atoms with Crippen LogP contribution in [0.25, 0.3) is 11.0 Å². The van der Waals surface area contributed by atoms with Gasteiger partial charge in [-0.15, -0.1) is 0 Å². The molecule has 0 aliphatic rings. The minimum Gasteiger partial charge on any atom is -0.453 e. The Morgan fingerprint density at radius 1 is 1.25 bits per heavy atom. The van der Waals surface area contributed by atoms with Crippen LogP contribution in [-0.2, 0) is 0 Å². The molecule has 0 fully saturated rings. The molecule has 16 heavy (non-hydrogen) atoms. The standard InChI is InChI=1S/C13H13ClO2/c1-6-5-10-11(7(2)12(6)14)8(3)13(16-10)9(4)15/h5H,1-4H3. The number of hydrogen-bond donors (Lipinski definition) is 0. The average molecular weight is 237 g/mol. The second kappa shape index (κ2) is 3.63. The number of benzene rings is 1. The monoisotopic (exact) mass is 236 g/mol. The topological polar surface area (TPSA) is 30.2 Å². The van der Waals surface area contributed by atoms with E-state index in [-0.39, 0.29) is 5.78 Å². The molecule has 1 aromatic heterocycles. The molecule has 0 aliphatic heterocycles. The van der Waals surface area contributed by atoms with E-state index in [9.17, 15) is 4.79 Å². The quantitative estimate of drug-likeness (QED) is 0.694. The van der Waals surface area contributed by atoms with E-state index in [1.807, 2.05) is 26.8 Å². The van der Waals surface area contributed by atoms with E-state index in [1.165, 1.54) is 6.92 Å². The summed E-state index contributed by atoms with van der Waals surface area (Å²) >= 11 is 6.19. The summed E-state index contributed by atoms with van der Waals surface area (Å²) in [6, 6.07) is 1.88. The van der Waals surface area contributed by atoms with Crippen LogP contribution in [0, 0.1) is 20.8 Å². The Labute approximate surface area is 99.2 Å². The zero-order chi connectivity index (χ0) is 12.0. The van der Waals surface area contributed by atoms with Crippen molar-refractivity contribution in [1.29, 1.82) is 0 Å². The summed E-state index contributed by atoms with van der Waals surface area (Å²) in [5.41, 5.74) is 3.56. The maximum absolute atomic E-state index is 11.4. The number of furan rings is 1. The molecule has 0 radical (unpaired) electrons. The lowest BCUT2D eigenvalue weighted by molar-refractivity contribution is 0.0988. The first-order chi connectivity index (χ1) is 7.43. The Morgan fingerprint density at radius 3 is 2.44 bits per heavy atom. The second-order valence-corrected chi connectivity index (χ2v) is 4.50. The number of carbonyl (C=O) groups is 1. The highest BCUT2D eigenvalue weighted by Gasteiger charge is 2.17. The van der Waals surface area contributed by atoms with Crippen LogP contribution in [0.4, 0.5) is 0 Å². The first-order valence-corrected chi connectivity index (χ1v) is 5.51. The summed E-state index contributed by atoms with van der Waals surface area (Å²) in [6.45, 7) is 7.28. The number of hydrogen-bond acceptors (Lipinski definition) is 2. The molecular weight excluding hydrogens is 224 g/mol. The Bertz CT molecular complexity index is 594. The van der Waals surface area contributed by atoms with Crippen LogP contribution >= 0.6 is 11.6 Å². The highest BCUT2D eigenvalue weighted by Crippen LogP contribution is 2.34. The molecule has 0 aliphatic carbocycles. The van der Waals surface area contributed by atoms with Crippen LogP contribution in [0.1, 0.15) is 34.2 Å². The van der Waals surface area contributed by atoms with Crippen molar-refractivity contribution in [1.82, 2.24) is 0 Å². The molecule has 2 nitrogen and oxygen atoms in total. The van der Waals surface area contributed by atoms with Gasteiger partial charge >= 0.3 is 0 Å². The molecule has 0 spiro atoms. The van der Waals surface area contributed by atoms with Gasteiger partial charge in [0.15, 0.2) is 11.5 Å². The van der Waals surface area contributed by atoms with Gasteiger partial charge in [-0.05, 0) is 38.0 Å². The highest BCUT2D eigenvalue weighted by molar-refractivity contribution is 6.33. The number of fused-ring (bicyclic) bond motifs is 1. The van der Waals surface area contributed by atoms with Crippen molar-refractivity contribution >= 4 is 28.4 Å². The van der Waals surface area contributed by atoms with Gasteiger partial charge in [0.2, 0.25) is 0 Å². The Kier molecular flexibility index (Phi) is 2.55. The molecule has 0 saturated heterocycles. The lowest BCUT2D eigenvalue weighted by Gasteiger charge is -2.03. The minimum atomic E-state index is -0.0538. The number of carbonyl (C=O) groups excluding carboxylic acids is 1. The van der Waals surface area contributed by atoms with Gasteiger partial charge in [-0.2, -0.15) is 0 Å². The Hall–Kier alpha value is -1.28. The fourth-order valence-corrected chi connectivity index (χ4v) is 2.25. The first-order valence-electron chi connectivity index (χ1n) is 5.13. The third-order valence-electron chi connectivity index (χ3n) is 2.89. The summed E-state index contributed by atoms with van der Waals surface area (Å²) in [4.78, 5) is 11.4. The van der Waals surface area contributed by atoms with Gasteiger partial charge in [-0.25, -0.2) is 0 Å². The molecular formula is C13H13ClO2. The molecule has 2 rings (SSSR count). The summed E-state index contributed by atoms with van der Waals surface area (Å²) in [7, 11) is 0. The summed E-state index contributed by atoms with van der Waals surface area (Å²) in [5, 5.41) is 1.70. The van der Waals surface area contributed by atoms with Crippen LogP contribution in [0.15, 0.2) is 10.5 Å². The van der Waals surface area contributed by atoms with Crippen molar-refractivity contribution in [3.63, 3.8) is 0 Å². The summed E-state index contributed by atoms with van der Waals surface area (Å²) in [6.07, 6.45) is 0. The molecule has 0 bridgehead atoms. The molecule has 0 saturated carbocycles. The number of rotatable bonds is 1. The SMILES string of the molecule is CC(=O)c1oc2cc(C)c(Cl)c(C)c2c1C. The predicted molar refractivity (Wildman–Crippen MR) is 65.4 cm³/mol. The lowest BCUT2D eigenvalue weighted by Crippen LogP contribution is -1.91. The molecule has 0 N–H and O–H groups in total. The summed E-state index contributed by atoms with van der Waals surface area (Å²) in [5.74, 6) is 0.377. The van der Waals surface area contributed by atoms with Crippen molar-refractivity contribution < 1.29 is 9.21 Å². The molecule has 0 atom stereocenters. The Morgan fingerprint density at radius 2 is 1.88 bits per heavy atom. The largest absolute Gasteiger partial charge is 0.453 e. The van der Waals surface area contributed by atoms with Crippen LogP contribution in [-0.4, -0.2) is 5.78 Å². The zero-order valence-electron chi connectivity index (χ0n) is 9.77. The maximum atomic E-state index is 11.4. The van der Waals surface area contributed by atoms with Crippen LogP contribution in [0.5, 0.6) is 0 Å². The molecule has 1 heterocycles. The molecule has 0 unspecified atom stereocenters. The second-order valence-electron chi connectivity index (χ2n) is 4.12. The van der Waals surface area contributed by atoms with Crippen LogP contribution in [0.2, 0.25) is 5.02 Å². The van der Waals surface area contributed by atoms with Crippen LogP contribution < -0.4 is 0 Å². The van der Waals surface area contributed by atoms with E-state index in [4.69, 9.17) is 16.0 Å². The van der Waals surface area contributed by atoms with E-state index in [0.29, 0.717) is 5.76 Å². The highest BCUT2D eigenvalue weighted by atomic mass is 35.5. The van der Waals surface area contributed by atoms with Gasteiger partial charge in [0.25, 0.3) is 0 Å². The fraction of sp³-hybridized carbons (Fsp3) is 0.308. The fourth-order valence-electron chi connectivity index (χ4n) is 2.10. The minimum absolute atomic E-state index is 0.0538. The smallest absolute Gasteiger partial charge is 0.195 e. The number of Topliss-reactive ketones (excluding diaryl/α,β-unsaturated/α-hetero) is 1. The molecule has 84 valence electrons.